The number of methoxy groups -OCH3 is 1. The van der Waals surface area contributed by atoms with Crippen LogP contribution in [0, 0.1) is 0 Å². The maximum Gasteiger partial charge on any atom is 0.327 e. The van der Waals surface area contributed by atoms with Gasteiger partial charge in [-0.05, 0) is 36.3 Å². The number of rotatable bonds is 4. The van der Waals surface area contributed by atoms with Gasteiger partial charge >= 0.3 is 5.97 Å². The van der Waals surface area contributed by atoms with E-state index in [2.05, 4.69) is 0 Å². The van der Waals surface area contributed by atoms with Crippen molar-refractivity contribution in [2.75, 3.05) is 7.11 Å². The average Bonchev–Trinajstić information content (AvgIpc) is 3.08. The van der Waals surface area contributed by atoms with Gasteiger partial charge in [-0.2, -0.15) is 0 Å². The zero-order valence-electron chi connectivity index (χ0n) is 16.8. The molecule has 1 heterocycles. The summed E-state index contributed by atoms with van der Waals surface area (Å²) in [5.74, 6) is -0.171. The molecule has 0 fully saturated rings. The zero-order chi connectivity index (χ0) is 21.6. The molecular weight excluding hydrogens is 392 g/mol. The van der Waals surface area contributed by atoms with Crippen molar-refractivity contribution >= 4 is 17.5 Å². The highest BCUT2D eigenvalue weighted by atomic mass is 16.5. The van der Waals surface area contributed by atoms with E-state index in [1.54, 1.807) is 55.6 Å². The van der Waals surface area contributed by atoms with E-state index in [4.69, 9.17) is 9.47 Å². The Hall–Kier alpha value is -3.99. The fraction of sp³-hybridized carbons (Fsp3) is 0.115. The fourth-order valence-corrected chi connectivity index (χ4v) is 4.44. The molecule has 0 spiro atoms. The second-order valence-corrected chi connectivity index (χ2v) is 7.62. The fourth-order valence-electron chi connectivity index (χ4n) is 4.44. The molecule has 1 aliphatic carbocycles. The highest BCUT2D eigenvalue weighted by Gasteiger charge is 2.55. The van der Waals surface area contributed by atoms with Crippen molar-refractivity contribution in [2.24, 2.45) is 0 Å². The smallest absolute Gasteiger partial charge is 0.327 e. The summed E-state index contributed by atoms with van der Waals surface area (Å²) >= 11 is 0. The molecule has 0 saturated carbocycles. The first kappa shape index (κ1) is 19.0. The van der Waals surface area contributed by atoms with Crippen molar-refractivity contribution in [1.29, 1.82) is 0 Å². The monoisotopic (exact) mass is 410 g/mol. The zero-order valence-corrected chi connectivity index (χ0v) is 16.8. The first-order chi connectivity index (χ1) is 15.0. The van der Waals surface area contributed by atoms with Crippen molar-refractivity contribution in [1.82, 2.24) is 0 Å². The summed E-state index contributed by atoms with van der Waals surface area (Å²) in [7, 11) is 1.57. The minimum atomic E-state index is -1.43. The summed E-state index contributed by atoms with van der Waals surface area (Å²) < 4.78 is 10.9. The van der Waals surface area contributed by atoms with Gasteiger partial charge in [0.25, 0.3) is 0 Å². The number of ether oxygens (including phenoxy) is 2. The molecule has 0 radical (unpaired) electrons. The number of benzene rings is 3. The molecule has 31 heavy (non-hydrogen) atoms. The topological polar surface area (TPSA) is 69.7 Å². The molecule has 3 aromatic carbocycles. The molecule has 5 rings (SSSR count). The first-order valence-corrected chi connectivity index (χ1v) is 9.89. The predicted octanol–water partition coefficient (Wildman–Crippen LogP) is 4.10. The van der Waals surface area contributed by atoms with Crippen LogP contribution in [0.25, 0.3) is 0 Å². The normalized spacial score (nSPS) is 19.4. The van der Waals surface area contributed by atoms with Gasteiger partial charge in [0.2, 0.25) is 0 Å². The Balaban J connectivity index is 1.74. The van der Waals surface area contributed by atoms with Crippen LogP contribution in [-0.4, -0.2) is 24.6 Å². The van der Waals surface area contributed by atoms with Gasteiger partial charge in [0.15, 0.2) is 11.6 Å². The van der Waals surface area contributed by atoms with E-state index in [1.807, 2.05) is 24.3 Å². The summed E-state index contributed by atoms with van der Waals surface area (Å²) in [6, 6.07) is 21.0. The van der Waals surface area contributed by atoms with Gasteiger partial charge in [-0.1, -0.05) is 54.6 Å². The van der Waals surface area contributed by atoms with E-state index in [0.717, 1.165) is 5.56 Å². The Morgan fingerprint density at radius 3 is 2.42 bits per heavy atom. The van der Waals surface area contributed by atoms with Gasteiger partial charge in [0, 0.05) is 22.3 Å². The van der Waals surface area contributed by atoms with Gasteiger partial charge in [0.1, 0.15) is 16.9 Å². The number of carbonyl (C=O) groups is 3. The molecule has 2 aliphatic rings. The van der Waals surface area contributed by atoms with Crippen LogP contribution in [0.2, 0.25) is 0 Å². The Morgan fingerprint density at radius 1 is 0.871 bits per heavy atom. The maximum absolute atomic E-state index is 13.6. The molecule has 1 aliphatic heterocycles. The second-order valence-electron chi connectivity index (χ2n) is 7.62. The lowest BCUT2D eigenvalue weighted by molar-refractivity contribution is -0.136. The minimum absolute atomic E-state index is 0.133. The van der Waals surface area contributed by atoms with Crippen LogP contribution in [0.5, 0.6) is 11.5 Å². The first-order valence-electron chi connectivity index (χ1n) is 9.89. The lowest BCUT2D eigenvalue weighted by Gasteiger charge is -2.30. The molecule has 0 aromatic heterocycles. The van der Waals surface area contributed by atoms with Crippen molar-refractivity contribution in [2.45, 2.75) is 11.8 Å². The van der Waals surface area contributed by atoms with Crippen molar-refractivity contribution in [3.8, 4) is 11.5 Å². The summed E-state index contributed by atoms with van der Waals surface area (Å²) in [5, 5.41) is 0. The van der Waals surface area contributed by atoms with Gasteiger partial charge in [0.05, 0.1) is 7.11 Å². The largest absolute Gasteiger partial charge is 0.497 e. The Kier molecular flexibility index (Phi) is 4.33. The van der Waals surface area contributed by atoms with Crippen LogP contribution < -0.4 is 9.47 Å². The molecule has 0 bridgehead atoms. The van der Waals surface area contributed by atoms with Gasteiger partial charge < -0.3 is 9.47 Å². The molecular formula is C26H18O5. The number of hydrogen-bond donors (Lipinski definition) is 0. The summed E-state index contributed by atoms with van der Waals surface area (Å²) in [4.78, 5) is 39.9. The van der Waals surface area contributed by atoms with E-state index in [1.165, 1.54) is 6.08 Å². The SMILES string of the molecule is COc1cccc(C[C@@]2(C3=CC(=O)c4ccccc4C3=O)C(=O)Oc3ccccc32)c1. The van der Waals surface area contributed by atoms with Gasteiger partial charge in [-0.3, -0.25) is 14.4 Å². The molecule has 0 amide bonds. The summed E-state index contributed by atoms with van der Waals surface area (Å²) in [6.45, 7) is 0. The molecule has 0 unspecified atom stereocenters. The molecule has 5 heteroatoms. The maximum atomic E-state index is 13.6. The van der Waals surface area contributed by atoms with Crippen molar-refractivity contribution in [3.63, 3.8) is 0 Å². The summed E-state index contributed by atoms with van der Waals surface area (Å²) in [5.41, 5.74) is 0.708. The number of Topliss-reactive ketones (excluding diaryl/α,β-unsaturated/α-hetero) is 1. The van der Waals surface area contributed by atoms with E-state index in [9.17, 15) is 14.4 Å². The number of esters is 1. The lowest BCUT2D eigenvalue weighted by atomic mass is 9.66. The van der Waals surface area contributed by atoms with Crippen molar-refractivity contribution < 1.29 is 23.9 Å². The van der Waals surface area contributed by atoms with Crippen LogP contribution in [-0.2, 0) is 16.6 Å². The Morgan fingerprint density at radius 2 is 1.61 bits per heavy atom. The third kappa shape index (κ3) is 2.81. The standard InChI is InChI=1S/C26H18O5/c1-30-17-8-6-7-16(13-17)15-26(20-11-4-5-12-23(20)31-25(26)29)21-14-22(27)18-9-2-3-10-19(18)24(21)28/h2-14H,15H2,1H3/t26-/m1/s1. The molecule has 152 valence electrons. The molecule has 3 aromatic rings. The minimum Gasteiger partial charge on any atom is -0.497 e. The van der Waals surface area contributed by atoms with E-state index in [0.29, 0.717) is 28.2 Å². The van der Waals surface area contributed by atoms with E-state index < -0.39 is 11.4 Å². The van der Waals surface area contributed by atoms with Crippen LogP contribution >= 0.6 is 0 Å². The van der Waals surface area contributed by atoms with Crippen LogP contribution in [0.3, 0.4) is 0 Å². The highest BCUT2D eigenvalue weighted by molar-refractivity contribution is 6.27. The van der Waals surface area contributed by atoms with Gasteiger partial charge in [-0.25, -0.2) is 0 Å². The second kappa shape index (κ2) is 7.06. The number of carbonyl (C=O) groups excluding carboxylic acids is 3. The third-order valence-corrected chi connectivity index (χ3v) is 5.92. The number of allylic oxidation sites excluding steroid dienone is 1. The lowest BCUT2D eigenvalue weighted by Crippen LogP contribution is -2.42. The van der Waals surface area contributed by atoms with Crippen LogP contribution in [0.15, 0.2) is 84.4 Å². The number of hydrogen-bond acceptors (Lipinski definition) is 5. The van der Waals surface area contributed by atoms with Crippen molar-refractivity contribution in [3.05, 3.63) is 107 Å². The van der Waals surface area contributed by atoms with Crippen LogP contribution in [0.4, 0.5) is 0 Å². The van der Waals surface area contributed by atoms with E-state index >= 15 is 0 Å². The predicted molar refractivity (Wildman–Crippen MR) is 114 cm³/mol. The third-order valence-electron chi connectivity index (χ3n) is 5.92. The highest BCUT2D eigenvalue weighted by Crippen LogP contribution is 2.48. The molecule has 5 nitrogen and oxygen atoms in total. The van der Waals surface area contributed by atoms with E-state index in [-0.39, 0.29) is 23.6 Å². The molecule has 0 N–H and O–H groups in total. The summed E-state index contributed by atoms with van der Waals surface area (Å²) in [6.07, 6.45) is 1.46. The number of para-hydroxylation sites is 1. The average molecular weight is 410 g/mol. The molecule has 1 atom stereocenters. The van der Waals surface area contributed by atoms with Gasteiger partial charge in [-0.15, -0.1) is 0 Å². The Labute approximate surface area is 178 Å². The quantitative estimate of drug-likeness (QED) is 0.478. The number of ketones is 2. The number of fused-ring (bicyclic) bond motifs is 2. The molecule has 0 saturated heterocycles. The van der Waals surface area contributed by atoms with Crippen LogP contribution in [0.1, 0.15) is 31.8 Å². The Bertz CT molecular complexity index is 1290.